The molecule has 2 N–H and O–H groups in total. The lowest BCUT2D eigenvalue weighted by atomic mass is 10.1. The summed E-state index contributed by atoms with van der Waals surface area (Å²) >= 11 is 0. The number of ketones is 1. The second-order valence-corrected chi connectivity index (χ2v) is 2.74. The van der Waals surface area contributed by atoms with E-state index in [9.17, 15) is 9.18 Å². The standard InChI is InChI=1S/C9H10FNO.2C2H6/c1-5-3-7(6(2)12)4-8(10)9(5)11;2*1-2/h3-4H,11H2,1-2H3;2*1-2H3. The summed E-state index contributed by atoms with van der Waals surface area (Å²) in [7, 11) is 0. The van der Waals surface area contributed by atoms with Crippen molar-refractivity contribution in [1.82, 2.24) is 0 Å². The van der Waals surface area contributed by atoms with E-state index in [0.717, 1.165) is 6.07 Å². The number of rotatable bonds is 1. The van der Waals surface area contributed by atoms with Crippen molar-refractivity contribution in [3.05, 3.63) is 29.1 Å². The van der Waals surface area contributed by atoms with Crippen molar-refractivity contribution < 1.29 is 9.18 Å². The molecular weight excluding hydrogens is 205 g/mol. The highest BCUT2D eigenvalue weighted by Gasteiger charge is 2.06. The van der Waals surface area contributed by atoms with Crippen LogP contribution in [-0.4, -0.2) is 5.78 Å². The zero-order valence-electron chi connectivity index (χ0n) is 11.0. The van der Waals surface area contributed by atoms with E-state index in [2.05, 4.69) is 0 Å². The van der Waals surface area contributed by atoms with Crippen LogP contribution in [0.5, 0.6) is 0 Å². The van der Waals surface area contributed by atoms with Gasteiger partial charge in [-0.05, 0) is 31.5 Å². The SMILES string of the molecule is CC.CC.CC(=O)c1cc(C)c(N)c(F)c1. The molecule has 3 heteroatoms. The number of Topliss-reactive ketones (excluding diaryl/α,β-unsaturated/α-hetero) is 1. The first-order chi connectivity index (χ1) is 7.52. The van der Waals surface area contributed by atoms with Gasteiger partial charge in [-0.3, -0.25) is 4.79 Å². The van der Waals surface area contributed by atoms with Gasteiger partial charge in [0.2, 0.25) is 0 Å². The van der Waals surface area contributed by atoms with E-state index in [0.29, 0.717) is 11.1 Å². The molecule has 1 rings (SSSR count). The molecule has 0 bridgehead atoms. The fourth-order valence-corrected chi connectivity index (χ4v) is 0.959. The van der Waals surface area contributed by atoms with Gasteiger partial charge >= 0.3 is 0 Å². The Morgan fingerprint density at radius 1 is 1.19 bits per heavy atom. The van der Waals surface area contributed by atoms with Crippen molar-refractivity contribution in [2.45, 2.75) is 41.5 Å². The maximum atomic E-state index is 12.9. The van der Waals surface area contributed by atoms with Gasteiger partial charge in [0, 0.05) is 5.56 Å². The Labute approximate surface area is 97.7 Å². The number of aryl methyl sites for hydroxylation is 1. The monoisotopic (exact) mass is 227 g/mol. The second-order valence-electron chi connectivity index (χ2n) is 2.74. The largest absolute Gasteiger partial charge is 0.396 e. The smallest absolute Gasteiger partial charge is 0.159 e. The fourth-order valence-electron chi connectivity index (χ4n) is 0.959. The molecule has 0 saturated carbocycles. The van der Waals surface area contributed by atoms with E-state index in [1.807, 2.05) is 27.7 Å². The Kier molecular flexibility index (Phi) is 9.46. The molecule has 1 aromatic rings. The molecule has 0 aliphatic carbocycles. The highest BCUT2D eigenvalue weighted by atomic mass is 19.1. The number of hydrogen-bond donors (Lipinski definition) is 1. The molecule has 0 saturated heterocycles. The predicted octanol–water partition coefficient (Wildman–Crippen LogP) is 3.97. The zero-order valence-corrected chi connectivity index (χ0v) is 11.0. The summed E-state index contributed by atoms with van der Waals surface area (Å²) in [5, 5.41) is 0. The zero-order chi connectivity index (χ0) is 13.3. The van der Waals surface area contributed by atoms with Gasteiger partial charge in [0.25, 0.3) is 0 Å². The normalized spacial score (nSPS) is 8.19. The topological polar surface area (TPSA) is 43.1 Å². The molecule has 0 radical (unpaired) electrons. The molecule has 0 spiro atoms. The summed E-state index contributed by atoms with van der Waals surface area (Å²) in [5.74, 6) is -0.683. The highest BCUT2D eigenvalue weighted by molar-refractivity contribution is 5.94. The highest BCUT2D eigenvalue weighted by Crippen LogP contribution is 2.17. The van der Waals surface area contributed by atoms with Crippen molar-refractivity contribution in [2.75, 3.05) is 5.73 Å². The van der Waals surface area contributed by atoms with Gasteiger partial charge in [-0.25, -0.2) is 4.39 Å². The molecule has 0 heterocycles. The molecule has 0 amide bonds. The van der Waals surface area contributed by atoms with Gasteiger partial charge in [0.1, 0.15) is 5.82 Å². The van der Waals surface area contributed by atoms with Crippen LogP contribution >= 0.6 is 0 Å². The van der Waals surface area contributed by atoms with Crippen molar-refractivity contribution in [3.8, 4) is 0 Å². The lowest BCUT2D eigenvalue weighted by molar-refractivity contribution is 0.101. The summed E-state index contributed by atoms with van der Waals surface area (Å²) in [6, 6.07) is 2.74. The van der Waals surface area contributed by atoms with Gasteiger partial charge in [-0.15, -0.1) is 0 Å². The first-order valence-electron chi connectivity index (χ1n) is 5.59. The van der Waals surface area contributed by atoms with Crippen LogP contribution in [0.2, 0.25) is 0 Å². The maximum absolute atomic E-state index is 12.9. The lowest BCUT2D eigenvalue weighted by Gasteiger charge is -2.03. The van der Waals surface area contributed by atoms with E-state index in [1.165, 1.54) is 6.92 Å². The van der Waals surface area contributed by atoms with Crippen molar-refractivity contribution in [1.29, 1.82) is 0 Å². The van der Waals surface area contributed by atoms with Crippen molar-refractivity contribution >= 4 is 11.5 Å². The Hall–Kier alpha value is -1.38. The number of carbonyl (C=O) groups is 1. The molecule has 2 nitrogen and oxygen atoms in total. The average Bonchev–Trinajstić information content (AvgIpc) is 2.30. The fraction of sp³-hybridized carbons (Fsp3) is 0.462. The third-order valence-electron chi connectivity index (χ3n) is 1.74. The summed E-state index contributed by atoms with van der Waals surface area (Å²) in [6.07, 6.45) is 0. The third kappa shape index (κ3) is 4.91. The van der Waals surface area contributed by atoms with Crippen LogP contribution in [0.3, 0.4) is 0 Å². The molecule has 0 aromatic heterocycles. The maximum Gasteiger partial charge on any atom is 0.159 e. The number of anilines is 1. The molecule has 0 fully saturated rings. The number of nitrogens with two attached hydrogens (primary N) is 1. The van der Waals surface area contributed by atoms with Gasteiger partial charge in [0.05, 0.1) is 5.69 Å². The van der Waals surface area contributed by atoms with Crippen LogP contribution in [0.15, 0.2) is 12.1 Å². The number of hydrogen-bond acceptors (Lipinski definition) is 2. The Morgan fingerprint density at radius 2 is 1.62 bits per heavy atom. The van der Waals surface area contributed by atoms with E-state index in [1.54, 1.807) is 13.0 Å². The Balaban J connectivity index is 0. The van der Waals surface area contributed by atoms with E-state index in [-0.39, 0.29) is 11.5 Å². The first kappa shape index (κ1) is 17.0. The van der Waals surface area contributed by atoms with E-state index in [4.69, 9.17) is 5.73 Å². The van der Waals surface area contributed by atoms with Crippen LogP contribution in [-0.2, 0) is 0 Å². The molecule has 0 unspecified atom stereocenters. The van der Waals surface area contributed by atoms with Gasteiger partial charge in [-0.1, -0.05) is 27.7 Å². The van der Waals surface area contributed by atoms with Crippen molar-refractivity contribution in [3.63, 3.8) is 0 Å². The number of halogens is 1. The van der Waals surface area contributed by atoms with Crippen LogP contribution < -0.4 is 5.73 Å². The average molecular weight is 227 g/mol. The van der Waals surface area contributed by atoms with Gasteiger partial charge < -0.3 is 5.73 Å². The van der Waals surface area contributed by atoms with Gasteiger partial charge in [-0.2, -0.15) is 0 Å². The first-order valence-corrected chi connectivity index (χ1v) is 5.59. The van der Waals surface area contributed by atoms with Crippen LogP contribution in [0.1, 0.15) is 50.5 Å². The van der Waals surface area contributed by atoms with Crippen LogP contribution in [0, 0.1) is 12.7 Å². The van der Waals surface area contributed by atoms with E-state index >= 15 is 0 Å². The quantitative estimate of drug-likeness (QED) is 0.582. The third-order valence-corrected chi connectivity index (χ3v) is 1.74. The summed E-state index contributed by atoms with van der Waals surface area (Å²) < 4.78 is 12.9. The van der Waals surface area contributed by atoms with Crippen molar-refractivity contribution in [2.24, 2.45) is 0 Å². The molecule has 16 heavy (non-hydrogen) atoms. The molecule has 0 atom stereocenters. The number of nitrogen functional groups attached to an aromatic ring is 1. The lowest BCUT2D eigenvalue weighted by Crippen LogP contribution is -1.99. The predicted molar refractivity (Wildman–Crippen MR) is 68.2 cm³/mol. The minimum Gasteiger partial charge on any atom is -0.396 e. The molecule has 0 aliphatic heterocycles. The van der Waals surface area contributed by atoms with E-state index < -0.39 is 5.82 Å². The minimum absolute atomic E-state index is 0.111. The van der Waals surface area contributed by atoms with Crippen LogP contribution in [0.25, 0.3) is 0 Å². The molecule has 0 aliphatic rings. The molecule has 92 valence electrons. The Bertz CT molecular complexity index is 312. The molecular formula is C13H22FNO. The van der Waals surface area contributed by atoms with Gasteiger partial charge in [0.15, 0.2) is 5.78 Å². The summed E-state index contributed by atoms with van der Waals surface area (Å²) in [6.45, 7) is 11.1. The summed E-state index contributed by atoms with van der Waals surface area (Å²) in [4.78, 5) is 10.9. The Morgan fingerprint density at radius 3 is 1.94 bits per heavy atom. The minimum atomic E-state index is -0.528. The molecule has 1 aromatic carbocycles. The number of carbonyl (C=O) groups excluding carboxylic acids is 1. The van der Waals surface area contributed by atoms with Crippen LogP contribution in [0.4, 0.5) is 10.1 Å². The second kappa shape index (κ2) is 8.89. The summed E-state index contributed by atoms with van der Waals surface area (Å²) in [5.41, 5.74) is 6.43. The number of benzene rings is 1.